The molecule has 12 nitrogen and oxygen atoms in total. The van der Waals surface area contributed by atoms with Gasteiger partial charge in [0.05, 0.1) is 29.6 Å². The monoisotopic (exact) mass is 468 g/mol. The molecule has 178 valence electrons. The Morgan fingerprint density at radius 3 is 2.79 bits per heavy atom. The summed E-state index contributed by atoms with van der Waals surface area (Å²) in [6, 6.07) is 6.74. The van der Waals surface area contributed by atoms with Gasteiger partial charge in [-0.3, -0.25) is 14.8 Å². The van der Waals surface area contributed by atoms with Gasteiger partial charge in [0.25, 0.3) is 11.8 Å². The second-order valence-electron chi connectivity index (χ2n) is 7.48. The number of pyridine rings is 1. The Kier molecular flexibility index (Phi) is 6.99. The molecule has 1 saturated carbocycles. The quantitative estimate of drug-likeness (QED) is 0.257. The van der Waals surface area contributed by atoms with Crippen molar-refractivity contribution in [2.24, 2.45) is 5.92 Å². The Morgan fingerprint density at radius 2 is 2.09 bits per heavy atom. The minimum atomic E-state index is -0.774. The van der Waals surface area contributed by atoms with E-state index in [4.69, 9.17) is 19.2 Å². The smallest absolute Gasteiger partial charge is 0.278 e. The molecule has 0 bridgehead atoms. The maximum absolute atomic E-state index is 12.2. The predicted molar refractivity (Wildman–Crippen MR) is 120 cm³/mol. The number of carbonyl (C=O) groups is 2. The zero-order chi connectivity index (χ0) is 24.1. The molecule has 4 rings (SSSR count). The molecule has 0 aliphatic heterocycles. The first kappa shape index (κ1) is 23.1. The molecule has 2 amide bonds. The van der Waals surface area contributed by atoms with Crippen LogP contribution in [-0.4, -0.2) is 45.9 Å². The number of rotatable bonds is 10. The summed E-state index contributed by atoms with van der Waals surface area (Å²) in [5.41, 5.74) is 2.96. The number of aromatic nitrogens is 3. The number of hydrogen-bond acceptors (Lipinski definition) is 10. The van der Waals surface area contributed by atoms with Gasteiger partial charge >= 0.3 is 0 Å². The summed E-state index contributed by atoms with van der Waals surface area (Å²) in [4.78, 5) is 32.8. The van der Waals surface area contributed by atoms with E-state index in [1.807, 2.05) is 6.92 Å². The van der Waals surface area contributed by atoms with Crippen molar-refractivity contribution >= 4 is 29.0 Å². The van der Waals surface area contributed by atoms with E-state index >= 15 is 0 Å². The average molecular weight is 468 g/mol. The number of ether oxygens (including phenoxy) is 2. The first-order valence-corrected chi connectivity index (χ1v) is 10.6. The maximum Gasteiger partial charge on any atom is 0.278 e. The normalized spacial score (nSPS) is 12.8. The van der Waals surface area contributed by atoms with Crippen LogP contribution in [0.25, 0.3) is 11.4 Å². The number of carbonyl (C=O) groups excluding carboxylic acids is 2. The van der Waals surface area contributed by atoms with E-state index < -0.39 is 5.91 Å². The first-order chi connectivity index (χ1) is 16.5. The lowest BCUT2D eigenvalue weighted by molar-refractivity contribution is -0.117. The topological polar surface area (TPSA) is 161 Å². The number of benzene rings is 1. The number of hydroxylamine groups is 1. The van der Waals surface area contributed by atoms with Gasteiger partial charge in [-0.25, -0.2) is 10.5 Å². The predicted octanol–water partition coefficient (Wildman–Crippen LogP) is 2.89. The number of nitrogens with one attached hydrogen (secondary N) is 3. The highest BCUT2D eigenvalue weighted by Gasteiger charge is 2.30. The first-order valence-electron chi connectivity index (χ1n) is 10.6. The van der Waals surface area contributed by atoms with Gasteiger partial charge in [0.1, 0.15) is 12.4 Å². The molecule has 3 aromatic rings. The van der Waals surface area contributed by atoms with Crippen molar-refractivity contribution in [2.45, 2.75) is 26.4 Å². The zero-order valence-electron chi connectivity index (χ0n) is 18.6. The third-order valence-electron chi connectivity index (χ3n) is 5.08. The van der Waals surface area contributed by atoms with Crippen LogP contribution in [0.15, 0.2) is 35.0 Å². The fourth-order valence-corrected chi connectivity index (χ4v) is 3.23. The van der Waals surface area contributed by atoms with Gasteiger partial charge in [-0.15, -0.1) is 0 Å². The minimum absolute atomic E-state index is 0.0158. The number of amides is 2. The fraction of sp³-hybridized carbons (Fsp3) is 0.318. The van der Waals surface area contributed by atoms with Crippen molar-refractivity contribution in [3.8, 4) is 17.1 Å². The number of anilines is 3. The highest BCUT2D eigenvalue weighted by Crippen LogP contribution is 2.38. The van der Waals surface area contributed by atoms with Crippen LogP contribution in [0.2, 0.25) is 0 Å². The summed E-state index contributed by atoms with van der Waals surface area (Å²) in [6.45, 7) is 2.57. The standard InChI is InChI=1S/C22H24N6O6/c1-3-33-11-18-26-20(28-34-18)13-5-4-6-15(19(13)32-2)24-16-9-17(25-21(29)12-7-8-12)23-10-14(16)22(30)27-31/h4-6,9-10,12,31H,3,7-8,11H2,1-2H3,(H,27,30)(H2,23,24,25,29). The number of para-hydroxylation sites is 1. The van der Waals surface area contributed by atoms with Gasteiger partial charge in [-0.2, -0.15) is 4.98 Å². The molecule has 4 N–H and O–H groups in total. The fourth-order valence-electron chi connectivity index (χ4n) is 3.23. The third-order valence-corrected chi connectivity index (χ3v) is 5.08. The summed E-state index contributed by atoms with van der Waals surface area (Å²) in [5, 5.41) is 19.0. The van der Waals surface area contributed by atoms with E-state index in [2.05, 4.69) is 25.8 Å². The van der Waals surface area contributed by atoms with Crippen LogP contribution in [0.5, 0.6) is 5.75 Å². The van der Waals surface area contributed by atoms with Crippen molar-refractivity contribution in [3.05, 3.63) is 41.9 Å². The highest BCUT2D eigenvalue weighted by molar-refractivity contribution is 6.01. The van der Waals surface area contributed by atoms with Crippen LogP contribution in [0.1, 0.15) is 36.0 Å². The SMILES string of the molecule is CCOCc1nc(-c2cccc(Nc3cc(NC(=O)C4CC4)ncc3C(=O)NO)c2OC)no1. The van der Waals surface area contributed by atoms with E-state index in [1.54, 1.807) is 23.7 Å². The molecule has 2 heterocycles. The summed E-state index contributed by atoms with van der Waals surface area (Å²) in [6.07, 6.45) is 2.94. The summed E-state index contributed by atoms with van der Waals surface area (Å²) >= 11 is 0. The Balaban J connectivity index is 1.66. The van der Waals surface area contributed by atoms with Crippen LogP contribution in [0.4, 0.5) is 17.2 Å². The van der Waals surface area contributed by atoms with Crippen LogP contribution < -0.4 is 20.9 Å². The molecule has 34 heavy (non-hydrogen) atoms. The second-order valence-corrected chi connectivity index (χ2v) is 7.48. The lowest BCUT2D eigenvalue weighted by Gasteiger charge is -2.16. The van der Waals surface area contributed by atoms with E-state index in [9.17, 15) is 9.59 Å². The molecule has 0 saturated heterocycles. The molecule has 0 atom stereocenters. The number of hydrogen-bond donors (Lipinski definition) is 4. The Labute approximate surface area is 194 Å². The maximum atomic E-state index is 12.2. The van der Waals surface area contributed by atoms with Crippen LogP contribution >= 0.6 is 0 Å². The molecule has 1 aromatic carbocycles. The lowest BCUT2D eigenvalue weighted by atomic mass is 10.1. The van der Waals surface area contributed by atoms with E-state index in [0.717, 1.165) is 12.8 Å². The van der Waals surface area contributed by atoms with Gasteiger partial charge in [0.15, 0.2) is 5.75 Å². The van der Waals surface area contributed by atoms with E-state index in [-0.39, 0.29) is 35.5 Å². The molecule has 1 fully saturated rings. The van der Waals surface area contributed by atoms with Crippen molar-refractivity contribution in [1.29, 1.82) is 0 Å². The van der Waals surface area contributed by atoms with Crippen molar-refractivity contribution in [1.82, 2.24) is 20.6 Å². The summed E-state index contributed by atoms with van der Waals surface area (Å²) in [7, 11) is 1.49. The van der Waals surface area contributed by atoms with Gasteiger partial charge in [0, 0.05) is 24.8 Å². The lowest BCUT2D eigenvalue weighted by Crippen LogP contribution is -2.21. The van der Waals surface area contributed by atoms with Gasteiger partial charge in [-0.05, 0) is 31.9 Å². The van der Waals surface area contributed by atoms with Gasteiger partial charge in [0.2, 0.25) is 11.7 Å². The van der Waals surface area contributed by atoms with Crippen molar-refractivity contribution in [2.75, 3.05) is 24.4 Å². The van der Waals surface area contributed by atoms with Gasteiger partial charge < -0.3 is 24.6 Å². The molecule has 1 aliphatic carbocycles. The Morgan fingerprint density at radius 1 is 1.26 bits per heavy atom. The third kappa shape index (κ3) is 5.13. The molecular weight excluding hydrogens is 444 g/mol. The Bertz CT molecular complexity index is 1190. The molecule has 2 aromatic heterocycles. The number of methoxy groups -OCH3 is 1. The largest absolute Gasteiger partial charge is 0.494 e. The van der Waals surface area contributed by atoms with E-state index in [1.165, 1.54) is 19.4 Å². The van der Waals surface area contributed by atoms with Crippen LogP contribution in [0, 0.1) is 5.92 Å². The number of nitrogens with zero attached hydrogens (tertiary/aromatic N) is 3. The van der Waals surface area contributed by atoms with Crippen molar-refractivity contribution in [3.63, 3.8) is 0 Å². The molecule has 1 aliphatic rings. The van der Waals surface area contributed by atoms with Gasteiger partial charge in [-0.1, -0.05) is 11.2 Å². The minimum Gasteiger partial charge on any atom is -0.494 e. The highest BCUT2D eigenvalue weighted by atomic mass is 16.5. The molecular formula is C22H24N6O6. The molecule has 0 unspecified atom stereocenters. The van der Waals surface area contributed by atoms with Crippen molar-refractivity contribution < 1.29 is 28.8 Å². The molecule has 12 heteroatoms. The van der Waals surface area contributed by atoms with Crippen LogP contribution in [-0.2, 0) is 16.1 Å². The van der Waals surface area contributed by atoms with Crippen LogP contribution in [0.3, 0.4) is 0 Å². The average Bonchev–Trinajstić information content (AvgIpc) is 3.60. The molecule has 0 radical (unpaired) electrons. The summed E-state index contributed by atoms with van der Waals surface area (Å²) in [5.74, 6) is 0.365. The molecule has 0 spiro atoms. The zero-order valence-corrected chi connectivity index (χ0v) is 18.6. The van der Waals surface area contributed by atoms with E-state index in [0.29, 0.717) is 35.3 Å². The Hall–Kier alpha value is -4.03. The second kappa shape index (κ2) is 10.3. The summed E-state index contributed by atoms with van der Waals surface area (Å²) < 4.78 is 16.1.